The summed E-state index contributed by atoms with van der Waals surface area (Å²) in [6.45, 7) is 5.09. The maximum atomic E-state index is 12.8. The van der Waals surface area contributed by atoms with Gasteiger partial charge in [-0.05, 0) is 44.0 Å². The molecule has 1 amide bonds. The van der Waals surface area contributed by atoms with Gasteiger partial charge in [0.1, 0.15) is 11.4 Å². The molecule has 2 unspecified atom stereocenters. The molecular weight excluding hydrogens is 443 g/mol. The highest BCUT2D eigenvalue weighted by Gasteiger charge is 2.38. The third kappa shape index (κ3) is 8.74. The summed E-state index contributed by atoms with van der Waals surface area (Å²) in [5.41, 5.74) is -0.302. The van der Waals surface area contributed by atoms with Crippen molar-refractivity contribution in [3.63, 3.8) is 0 Å². The lowest BCUT2D eigenvalue weighted by Gasteiger charge is -2.26. The Balaban J connectivity index is 2.05. The lowest BCUT2D eigenvalue weighted by molar-refractivity contribution is -0.341. The normalized spacial score (nSPS) is 13.7. The van der Waals surface area contributed by atoms with Crippen molar-refractivity contribution in [2.75, 3.05) is 13.6 Å². The van der Waals surface area contributed by atoms with Crippen LogP contribution in [0.2, 0.25) is 0 Å². The molecule has 0 aromatic heterocycles. The number of ether oxygens (including phenoxy) is 3. The van der Waals surface area contributed by atoms with E-state index < -0.39 is 36.2 Å². The molecule has 2 atom stereocenters. The molecule has 180 valence electrons. The Morgan fingerprint density at radius 3 is 2.06 bits per heavy atom. The molecule has 0 bridgehead atoms. The Kier molecular flexibility index (Phi) is 8.45. The number of benzene rings is 2. The third-order valence-corrected chi connectivity index (χ3v) is 4.20. The molecule has 0 aliphatic rings. The van der Waals surface area contributed by atoms with E-state index in [0.717, 1.165) is 0 Å². The van der Waals surface area contributed by atoms with Gasteiger partial charge in [-0.25, -0.2) is 9.59 Å². The van der Waals surface area contributed by atoms with Crippen LogP contribution >= 0.6 is 0 Å². The summed E-state index contributed by atoms with van der Waals surface area (Å²) in [7, 11) is 1.47. The van der Waals surface area contributed by atoms with Gasteiger partial charge in [0, 0.05) is 7.05 Å². The Hall–Kier alpha value is -3.11. The molecule has 0 fully saturated rings. The largest absolute Gasteiger partial charge is 0.523 e. The van der Waals surface area contributed by atoms with Crippen molar-refractivity contribution < 1.29 is 42.1 Å². The second-order valence-corrected chi connectivity index (χ2v) is 8.22. The number of amides is 1. The Labute approximate surface area is 189 Å². The van der Waals surface area contributed by atoms with Crippen molar-refractivity contribution in [2.45, 2.75) is 44.9 Å². The average Bonchev–Trinajstić information content (AvgIpc) is 2.71. The molecule has 0 saturated carbocycles. The maximum Gasteiger partial charge on any atom is 0.523 e. The van der Waals surface area contributed by atoms with Crippen molar-refractivity contribution in [3.8, 4) is 5.75 Å². The molecule has 2 aromatic rings. The monoisotopic (exact) mass is 469 g/mol. The van der Waals surface area contributed by atoms with E-state index in [-0.39, 0.29) is 17.9 Å². The molecule has 2 aromatic carbocycles. The van der Waals surface area contributed by atoms with E-state index in [2.05, 4.69) is 4.74 Å². The van der Waals surface area contributed by atoms with Gasteiger partial charge >= 0.3 is 18.4 Å². The van der Waals surface area contributed by atoms with Gasteiger partial charge in [0.2, 0.25) is 0 Å². The predicted octanol–water partition coefficient (Wildman–Crippen LogP) is 4.77. The number of aliphatic hydroxyl groups excluding tert-OH is 1. The molecule has 0 saturated heterocycles. The number of halogens is 3. The van der Waals surface area contributed by atoms with Crippen molar-refractivity contribution >= 4 is 12.1 Å². The van der Waals surface area contributed by atoms with Crippen LogP contribution < -0.4 is 4.74 Å². The van der Waals surface area contributed by atoms with Gasteiger partial charge in [0.25, 0.3) is 0 Å². The molecule has 0 aliphatic heterocycles. The van der Waals surface area contributed by atoms with Crippen molar-refractivity contribution in [2.24, 2.45) is 0 Å². The van der Waals surface area contributed by atoms with Gasteiger partial charge in [-0.3, -0.25) is 4.74 Å². The highest BCUT2D eigenvalue weighted by molar-refractivity contribution is 5.79. The smallest absolute Gasteiger partial charge is 0.444 e. The first-order chi connectivity index (χ1) is 15.2. The average molecular weight is 469 g/mol. The zero-order chi connectivity index (χ0) is 24.8. The second-order valence-electron chi connectivity index (χ2n) is 8.22. The summed E-state index contributed by atoms with van der Waals surface area (Å²) in [6.07, 6.45) is -8.73. The molecule has 1 N–H and O–H groups in total. The summed E-state index contributed by atoms with van der Waals surface area (Å²) in [5, 5.41) is 10.4. The minimum atomic E-state index is -5.05. The Morgan fingerprint density at radius 2 is 1.55 bits per heavy atom. The van der Waals surface area contributed by atoms with Crippen LogP contribution in [0.5, 0.6) is 5.75 Å². The van der Waals surface area contributed by atoms with Crippen LogP contribution in [0, 0.1) is 0 Å². The number of carbonyl (C=O) groups excluding carboxylic acids is 2. The molecule has 0 spiro atoms. The second kappa shape index (κ2) is 10.7. The van der Waals surface area contributed by atoms with Crippen molar-refractivity contribution in [1.82, 2.24) is 4.90 Å². The first kappa shape index (κ1) is 26.1. The fourth-order valence-electron chi connectivity index (χ4n) is 2.72. The number of hydrogen-bond donors (Lipinski definition) is 1. The van der Waals surface area contributed by atoms with E-state index in [0.29, 0.717) is 5.56 Å². The van der Waals surface area contributed by atoms with Gasteiger partial charge < -0.3 is 19.5 Å². The Bertz CT molecular complexity index is 926. The number of alkyl halides is 3. The van der Waals surface area contributed by atoms with Crippen LogP contribution in [-0.2, 0) is 14.3 Å². The van der Waals surface area contributed by atoms with Crippen LogP contribution in [0.1, 0.15) is 44.1 Å². The third-order valence-electron chi connectivity index (χ3n) is 4.20. The SMILES string of the molecule is CN(CC(O)c1ccc(OC(=O)C(OC(F)(F)F)c2ccccc2)cc1)C(=O)OC(C)(C)C. The van der Waals surface area contributed by atoms with E-state index in [9.17, 15) is 27.9 Å². The van der Waals surface area contributed by atoms with E-state index >= 15 is 0 Å². The molecule has 0 aliphatic carbocycles. The number of likely N-dealkylation sites (N-methyl/N-ethyl adjacent to an activating group) is 1. The summed E-state index contributed by atoms with van der Waals surface area (Å²) < 4.78 is 52.6. The van der Waals surface area contributed by atoms with E-state index in [4.69, 9.17) is 9.47 Å². The first-order valence-electron chi connectivity index (χ1n) is 9.98. The van der Waals surface area contributed by atoms with Crippen LogP contribution in [0.25, 0.3) is 0 Å². The maximum absolute atomic E-state index is 12.8. The topological polar surface area (TPSA) is 85.3 Å². The fourth-order valence-corrected chi connectivity index (χ4v) is 2.72. The standard InChI is InChI=1S/C23H26F3NO6/c1-22(2,3)33-21(30)27(4)14-18(28)15-10-12-17(13-11-15)31-20(29)19(32-23(24,25)26)16-8-6-5-7-9-16/h5-13,18-19,28H,14H2,1-4H3. The van der Waals surface area contributed by atoms with Gasteiger partial charge in [0.15, 0.2) is 6.10 Å². The van der Waals surface area contributed by atoms with Crippen LogP contribution in [0.4, 0.5) is 18.0 Å². The minimum Gasteiger partial charge on any atom is -0.444 e. The summed E-state index contributed by atoms with van der Waals surface area (Å²) in [5.74, 6) is -1.29. The number of hydrogen-bond acceptors (Lipinski definition) is 6. The van der Waals surface area contributed by atoms with E-state index in [1.165, 1.54) is 60.5 Å². The molecule has 0 heterocycles. The Morgan fingerprint density at radius 1 is 0.970 bits per heavy atom. The van der Waals surface area contributed by atoms with E-state index in [1.807, 2.05) is 0 Å². The van der Waals surface area contributed by atoms with Gasteiger partial charge in [0.05, 0.1) is 12.6 Å². The van der Waals surface area contributed by atoms with Crippen molar-refractivity contribution in [3.05, 3.63) is 65.7 Å². The number of rotatable bonds is 7. The first-order valence-corrected chi connectivity index (χ1v) is 9.98. The zero-order valence-electron chi connectivity index (χ0n) is 18.6. The molecule has 7 nitrogen and oxygen atoms in total. The molecule has 10 heteroatoms. The zero-order valence-corrected chi connectivity index (χ0v) is 18.6. The van der Waals surface area contributed by atoms with Gasteiger partial charge in [-0.2, -0.15) is 0 Å². The predicted molar refractivity (Wildman–Crippen MR) is 112 cm³/mol. The van der Waals surface area contributed by atoms with Crippen LogP contribution in [-0.4, -0.2) is 47.6 Å². The number of esters is 1. The van der Waals surface area contributed by atoms with Crippen LogP contribution in [0.15, 0.2) is 54.6 Å². The quantitative estimate of drug-likeness (QED) is 0.465. The van der Waals surface area contributed by atoms with Crippen molar-refractivity contribution in [1.29, 1.82) is 0 Å². The number of carbonyl (C=O) groups is 2. The summed E-state index contributed by atoms with van der Waals surface area (Å²) >= 11 is 0. The van der Waals surface area contributed by atoms with Gasteiger partial charge in [-0.1, -0.05) is 42.5 Å². The lowest BCUT2D eigenvalue weighted by atomic mass is 10.1. The number of nitrogens with zero attached hydrogens (tertiary/aromatic N) is 1. The summed E-state index contributed by atoms with van der Waals surface area (Å²) in [6, 6.07) is 12.7. The van der Waals surface area contributed by atoms with Crippen LogP contribution in [0.3, 0.4) is 0 Å². The van der Waals surface area contributed by atoms with Gasteiger partial charge in [-0.15, -0.1) is 13.2 Å². The highest BCUT2D eigenvalue weighted by atomic mass is 19.4. The molecular formula is C23H26F3NO6. The lowest BCUT2D eigenvalue weighted by Crippen LogP contribution is -2.36. The summed E-state index contributed by atoms with van der Waals surface area (Å²) in [4.78, 5) is 25.6. The number of aliphatic hydroxyl groups is 1. The molecule has 0 radical (unpaired) electrons. The molecule has 33 heavy (non-hydrogen) atoms. The van der Waals surface area contributed by atoms with E-state index in [1.54, 1.807) is 26.8 Å². The highest BCUT2D eigenvalue weighted by Crippen LogP contribution is 2.30. The minimum absolute atomic E-state index is 0.0166. The molecule has 2 rings (SSSR count). The fraction of sp³-hybridized carbons (Fsp3) is 0.391.